The highest BCUT2D eigenvalue weighted by Crippen LogP contribution is 2.27. The van der Waals surface area contributed by atoms with Crippen LogP contribution < -0.4 is 0 Å². The van der Waals surface area contributed by atoms with Crippen molar-refractivity contribution in [3.8, 4) is 0 Å². The molecule has 0 amide bonds. The molecule has 0 unspecified atom stereocenters. The number of hydrogen-bond acceptors (Lipinski definition) is 6. The average Bonchev–Trinajstić information content (AvgIpc) is 2.82. The first-order valence-corrected chi connectivity index (χ1v) is 12.4. The highest BCUT2D eigenvalue weighted by atomic mass is 32.2. The monoisotopic (exact) mass is 467 g/mol. The van der Waals surface area contributed by atoms with E-state index in [9.17, 15) is 9.59 Å². The number of oxime groups is 1. The molecule has 0 spiro atoms. The van der Waals surface area contributed by atoms with Crippen LogP contribution in [0.4, 0.5) is 0 Å². The molecule has 0 saturated carbocycles. The van der Waals surface area contributed by atoms with E-state index in [0.717, 1.165) is 47.2 Å². The number of allylic oxidation sites excluding steroid dienone is 1. The minimum absolute atomic E-state index is 0.219. The largest absolute Gasteiger partial charge is 0.372 e. The minimum atomic E-state index is -0.592. The number of thioether (sulfide) groups is 1. The third kappa shape index (κ3) is 8.52. The summed E-state index contributed by atoms with van der Waals surface area (Å²) in [5, 5.41) is 5.51. The average molecular weight is 468 g/mol. The Morgan fingerprint density at radius 1 is 1.00 bits per heavy atom. The van der Waals surface area contributed by atoms with Crippen LogP contribution in [0.1, 0.15) is 56.3 Å². The molecule has 32 heavy (non-hydrogen) atoms. The first-order valence-electron chi connectivity index (χ1n) is 10.7. The number of benzene rings is 2. The zero-order valence-electron chi connectivity index (χ0n) is 18.6. The molecule has 0 aromatic heterocycles. The van der Waals surface area contributed by atoms with Gasteiger partial charge in [0.2, 0.25) is 5.78 Å². The van der Waals surface area contributed by atoms with Crippen molar-refractivity contribution in [1.29, 1.82) is 0 Å². The Labute approximate surface area is 199 Å². The zero-order valence-corrected chi connectivity index (χ0v) is 20.2. The Morgan fingerprint density at radius 3 is 2.31 bits per heavy atom. The van der Waals surface area contributed by atoms with Gasteiger partial charge in [0.1, 0.15) is 5.71 Å². The lowest BCUT2D eigenvalue weighted by molar-refractivity contribution is -0.138. The molecule has 168 valence electrons. The summed E-state index contributed by atoms with van der Waals surface area (Å²) in [4.78, 5) is 33.0. The van der Waals surface area contributed by atoms with Crippen molar-refractivity contribution in [2.75, 3.05) is 0 Å². The molecule has 0 atom stereocenters. The van der Waals surface area contributed by atoms with E-state index < -0.39 is 5.97 Å². The fourth-order valence-electron chi connectivity index (χ4n) is 2.85. The molecule has 0 aliphatic carbocycles. The van der Waals surface area contributed by atoms with Gasteiger partial charge in [-0.2, -0.15) is 0 Å². The van der Waals surface area contributed by atoms with Crippen LogP contribution in [0.3, 0.4) is 0 Å². The van der Waals surface area contributed by atoms with E-state index in [1.54, 1.807) is 42.3 Å². The SMILES string of the molecule is C=CS/C(=C\C)C(=O)O/N=C(\CCCCCC)C(=O)c1ccc(Sc2ccccc2)cc1. The van der Waals surface area contributed by atoms with E-state index in [4.69, 9.17) is 4.84 Å². The Morgan fingerprint density at radius 2 is 1.69 bits per heavy atom. The van der Waals surface area contributed by atoms with Gasteiger partial charge in [0.15, 0.2) is 0 Å². The van der Waals surface area contributed by atoms with E-state index in [1.807, 2.05) is 42.5 Å². The predicted octanol–water partition coefficient (Wildman–Crippen LogP) is 7.67. The summed E-state index contributed by atoms with van der Waals surface area (Å²) in [6, 6.07) is 17.5. The van der Waals surface area contributed by atoms with Crippen molar-refractivity contribution < 1.29 is 14.4 Å². The molecule has 0 bridgehead atoms. The van der Waals surface area contributed by atoms with E-state index in [-0.39, 0.29) is 11.5 Å². The summed E-state index contributed by atoms with van der Waals surface area (Å²) in [5.74, 6) is -0.810. The van der Waals surface area contributed by atoms with Gasteiger partial charge in [0, 0.05) is 15.4 Å². The molecule has 0 radical (unpaired) electrons. The molecular weight excluding hydrogens is 438 g/mol. The normalized spacial score (nSPS) is 11.8. The molecule has 0 N–H and O–H groups in total. The molecule has 6 heteroatoms. The number of carbonyl (C=O) groups is 2. The third-order valence-corrected chi connectivity index (χ3v) is 6.38. The van der Waals surface area contributed by atoms with Gasteiger partial charge in [0.05, 0.1) is 4.91 Å². The number of rotatable bonds is 13. The maximum absolute atomic E-state index is 13.1. The molecular formula is C26H29NO3S2. The minimum Gasteiger partial charge on any atom is -0.312 e. The van der Waals surface area contributed by atoms with Crippen LogP contribution in [0.5, 0.6) is 0 Å². The molecule has 2 aromatic carbocycles. The topological polar surface area (TPSA) is 55.7 Å². The van der Waals surface area contributed by atoms with Gasteiger partial charge in [-0.15, -0.1) is 0 Å². The quantitative estimate of drug-likeness (QED) is 0.0755. The standard InChI is InChI=1S/C26H29NO3S2/c1-4-7-8-12-15-23(27-30-26(29)24(5-2)31-6-3)25(28)20-16-18-22(19-17-20)32-21-13-10-9-11-14-21/h5-6,9-11,13-14,16-19H,3-4,7-8,12,15H2,1-2H3/b24-5-,27-23+. The summed E-state index contributed by atoms with van der Waals surface area (Å²) >= 11 is 2.79. The van der Waals surface area contributed by atoms with Crippen molar-refractivity contribution >= 4 is 41.0 Å². The number of ketones is 1. The molecule has 0 fully saturated rings. The molecule has 4 nitrogen and oxygen atoms in total. The highest BCUT2D eigenvalue weighted by molar-refractivity contribution is 8.06. The molecule has 0 aliphatic heterocycles. The van der Waals surface area contributed by atoms with E-state index in [0.29, 0.717) is 16.9 Å². The molecule has 0 heterocycles. The third-order valence-electron chi connectivity index (χ3n) is 4.54. The first-order chi connectivity index (χ1) is 15.6. The van der Waals surface area contributed by atoms with Crippen LogP contribution in [-0.4, -0.2) is 17.5 Å². The summed E-state index contributed by atoms with van der Waals surface area (Å²) in [5.41, 5.74) is 0.788. The molecule has 0 saturated heterocycles. The highest BCUT2D eigenvalue weighted by Gasteiger charge is 2.17. The van der Waals surface area contributed by atoms with Crippen molar-refractivity contribution in [2.45, 2.75) is 55.7 Å². The van der Waals surface area contributed by atoms with E-state index in [2.05, 4.69) is 18.7 Å². The lowest BCUT2D eigenvalue weighted by Gasteiger charge is -2.07. The summed E-state index contributed by atoms with van der Waals surface area (Å²) in [6.45, 7) is 7.48. The van der Waals surface area contributed by atoms with Crippen LogP contribution in [-0.2, 0) is 9.63 Å². The smallest absolute Gasteiger partial charge is 0.312 e. The maximum atomic E-state index is 13.1. The van der Waals surface area contributed by atoms with Gasteiger partial charge in [-0.3, -0.25) is 4.79 Å². The second-order valence-electron chi connectivity index (χ2n) is 6.93. The lowest BCUT2D eigenvalue weighted by Crippen LogP contribution is -2.16. The second kappa shape index (κ2) is 14.5. The number of unbranched alkanes of at least 4 members (excludes halogenated alkanes) is 3. The van der Waals surface area contributed by atoms with Crippen molar-refractivity contribution in [1.82, 2.24) is 0 Å². The van der Waals surface area contributed by atoms with Crippen LogP contribution in [0.15, 0.2) is 92.5 Å². The van der Waals surface area contributed by atoms with Crippen LogP contribution in [0.25, 0.3) is 0 Å². The van der Waals surface area contributed by atoms with Crippen LogP contribution >= 0.6 is 23.5 Å². The van der Waals surface area contributed by atoms with Crippen LogP contribution in [0, 0.1) is 0 Å². The number of Topliss-reactive ketones (excluding diaryl/α,β-unsaturated/α-hetero) is 1. The van der Waals surface area contributed by atoms with Gasteiger partial charge < -0.3 is 4.84 Å². The number of hydrogen-bond donors (Lipinski definition) is 0. The van der Waals surface area contributed by atoms with Crippen LogP contribution in [0.2, 0.25) is 0 Å². The van der Waals surface area contributed by atoms with Crippen molar-refractivity contribution in [3.05, 3.63) is 83.1 Å². The van der Waals surface area contributed by atoms with Gasteiger partial charge in [-0.1, -0.05) is 85.7 Å². The summed E-state index contributed by atoms with van der Waals surface area (Å²) < 4.78 is 0. The van der Waals surface area contributed by atoms with Gasteiger partial charge >= 0.3 is 5.97 Å². The fourth-order valence-corrected chi connectivity index (χ4v) is 4.14. The Bertz CT molecular complexity index is 951. The Kier molecular flexibility index (Phi) is 11.6. The number of nitrogens with zero attached hydrogens (tertiary/aromatic N) is 1. The van der Waals surface area contributed by atoms with E-state index in [1.165, 1.54) is 0 Å². The molecule has 0 aliphatic rings. The van der Waals surface area contributed by atoms with Gasteiger partial charge in [0.25, 0.3) is 0 Å². The van der Waals surface area contributed by atoms with Gasteiger partial charge in [-0.25, -0.2) is 4.79 Å². The number of carbonyl (C=O) groups excluding carboxylic acids is 2. The first kappa shape index (κ1) is 25.7. The Balaban J connectivity index is 2.13. The maximum Gasteiger partial charge on any atom is 0.372 e. The fraction of sp³-hybridized carbons (Fsp3) is 0.269. The van der Waals surface area contributed by atoms with E-state index >= 15 is 0 Å². The second-order valence-corrected chi connectivity index (χ2v) is 9.09. The van der Waals surface area contributed by atoms with Crippen molar-refractivity contribution in [3.63, 3.8) is 0 Å². The Hall–Kier alpha value is -2.57. The van der Waals surface area contributed by atoms with Gasteiger partial charge in [-0.05, 0) is 61.6 Å². The zero-order chi connectivity index (χ0) is 23.2. The molecule has 2 rings (SSSR count). The lowest BCUT2D eigenvalue weighted by atomic mass is 10.0. The summed E-state index contributed by atoms with van der Waals surface area (Å²) in [7, 11) is 0. The van der Waals surface area contributed by atoms with Crippen molar-refractivity contribution in [2.24, 2.45) is 5.16 Å². The summed E-state index contributed by atoms with van der Waals surface area (Å²) in [6.07, 6.45) is 6.10. The predicted molar refractivity (Wildman–Crippen MR) is 135 cm³/mol. The molecule has 2 aromatic rings.